The first-order valence-corrected chi connectivity index (χ1v) is 9.77. The molecule has 11 heteroatoms. The number of hydrogen-bond acceptors (Lipinski definition) is 6. The van der Waals surface area contributed by atoms with E-state index in [0.29, 0.717) is 38.5 Å². The van der Waals surface area contributed by atoms with Crippen LogP contribution in [-0.2, 0) is 0 Å². The van der Waals surface area contributed by atoms with Gasteiger partial charge >= 0.3 is 6.55 Å². The Morgan fingerprint density at radius 3 is 2.69 bits per heavy atom. The van der Waals surface area contributed by atoms with Gasteiger partial charge in [0.25, 0.3) is 0 Å². The van der Waals surface area contributed by atoms with Gasteiger partial charge in [-0.3, -0.25) is 0 Å². The van der Waals surface area contributed by atoms with Crippen LogP contribution in [0.1, 0.15) is 25.1 Å². The van der Waals surface area contributed by atoms with Crippen molar-refractivity contribution in [1.82, 2.24) is 19.7 Å². The summed E-state index contributed by atoms with van der Waals surface area (Å²) >= 11 is 5.86. The predicted molar refractivity (Wildman–Crippen MR) is 113 cm³/mol. The third kappa shape index (κ3) is 4.26. The molecule has 0 aliphatic heterocycles. The Hall–Kier alpha value is -3.53. The van der Waals surface area contributed by atoms with Crippen molar-refractivity contribution in [2.24, 2.45) is 0 Å². The molecular formula is C21H17ClF3N5O2. The fraction of sp³-hybridized carbons (Fsp3) is 0.190. The van der Waals surface area contributed by atoms with Gasteiger partial charge in [0.15, 0.2) is 17.3 Å². The summed E-state index contributed by atoms with van der Waals surface area (Å²) in [5.74, 6) is 0.406. The van der Waals surface area contributed by atoms with Gasteiger partial charge in [-0.05, 0) is 25.1 Å². The van der Waals surface area contributed by atoms with Crippen LogP contribution in [0.4, 0.5) is 24.7 Å². The first kappa shape index (κ1) is 21.7. The molecule has 2 aromatic carbocycles. The predicted octanol–water partition coefficient (Wildman–Crippen LogP) is 5.91. The van der Waals surface area contributed by atoms with Crippen LogP contribution in [0.25, 0.3) is 10.9 Å². The van der Waals surface area contributed by atoms with Gasteiger partial charge in [0.1, 0.15) is 18.2 Å². The molecule has 0 spiro atoms. The lowest BCUT2D eigenvalue weighted by molar-refractivity contribution is 0.0563. The highest BCUT2D eigenvalue weighted by molar-refractivity contribution is 6.31. The standard InChI is InChI=1S/C21H17ClF3N5O2/c1-11(12-8-28-30(9-12)21(24)25)32-18-6-13-16(7-17(18)31-2)26-10-27-20(13)29-15-5-3-4-14(22)19(15)23/h3-11,21H,1-2H3,(H,26,27,29). The molecule has 1 N–H and O–H groups in total. The Morgan fingerprint density at radius 2 is 1.97 bits per heavy atom. The minimum absolute atomic E-state index is 0.0303. The third-order valence-corrected chi connectivity index (χ3v) is 5.01. The number of rotatable bonds is 7. The molecule has 166 valence electrons. The highest BCUT2D eigenvalue weighted by Crippen LogP contribution is 2.37. The maximum absolute atomic E-state index is 14.4. The Labute approximate surface area is 185 Å². The zero-order chi connectivity index (χ0) is 22.8. The molecule has 0 aliphatic rings. The third-order valence-electron chi connectivity index (χ3n) is 4.72. The zero-order valence-corrected chi connectivity index (χ0v) is 17.6. The van der Waals surface area contributed by atoms with Crippen LogP contribution in [0.3, 0.4) is 0 Å². The van der Waals surface area contributed by atoms with Crippen LogP contribution in [0, 0.1) is 5.82 Å². The number of nitrogens with zero attached hydrogens (tertiary/aromatic N) is 4. The molecule has 0 fully saturated rings. The first-order valence-electron chi connectivity index (χ1n) is 9.40. The molecule has 2 heterocycles. The van der Waals surface area contributed by atoms with E-state index in [1.165, 1.54) is 38.0 Å². The van der Waals surface area contributed by atoms with Crippen molar-refractivity contribution in [3.8, 4) is 11.5 Å². The molecule has 0 aliphatic carbocycles. The highest BCUT2D eigenvalue weighted by atomic mass is 35.5. The fourth-order valence-corrected chi connectivity index (χ4v) is 3.25. The number of benzene rings is 2. The molecule has 4 aromatic rings. The van der Waals surface area contributed by atoms with Crippen LogP contribution < -0.4 is 14.8 Å². The van der Waals surface area contributed by atoms with E-state index in [0.717, 1.165) is 0 Å². The van der Waals surface area contributed by atoms with Gasteiger partial charge in [0.2, 0.25) is 0 Å². The number of nitrogens with one attached hydrogen (secondary N) is 1. The van der Waals surface area contributed by atoms with E-state index < -0.39 is 18.5 Å². The lowest BCUT2D eigenvalue weighted by atomic mass is 10.2. The van der Waals surface area contributed by atoms with E-state index in [-0.39, 0.29) is 10.7 Å². The van der Waals surface area contributed by atoms with Gasteiger partial charge in [-0.25, -0.2) is 19.0 Å². The quantitative estimate of drug-likeness (QED) is 0.367. The Bertz CT molecular complexity index is 1270. The largest absolute Gasteiger partial charge is 0.493 e. The van der Waals surface area contributed by atoms with Gasteiger partial charge in [0.05, 0.1) is 29.5 Å². The average molecular weight is 464 g/mol. The molecule has 0 saturated heterocycles. The Morgan fingerprint density at radius 1 is 1.16 bits per heavy atom. The topological polar surface area (TPSA) is 74.1 Å². The van der Waals surface area contributed by atoms with Crippen LogP contribution in [0.5, 0.6) is 11.5 Å². The number of aromatic nitrogens is 4. The molecule has 0 radical (unpaired) electrons. The van der Waals surface area contributed by atoms with Crippen molar-refractivity contribution in [2.45, 2.75) is 19.6 Å². The van der Waals surface area contributed by atoms with Gasteiger partial charge in [-0.2, -0.15) is 13.9 Å². The SMILES string of the molecule is COc1cc2ncnc(Nc3cccc(Cl)c3F)c2cc1OC(C)c1cnn(C(F)F)c1. The van der Waals surface area contributed by atoms with Crippen LogP contribution in [0.15, 0.2) is 49.1 Å². The number of alkyl halides is 2. The van der Waals surface area contributed by atoms with Crippen molar-refractivity contribution in [3.05, 3.63) is 65.5 Å². The Balaban J connectivity index is 1.71. The summed E-state index contributed by atoms with van der Waals surface area (Å²) in [7, 11) is 1.47. The van der Waals surface area contributed by atoms with Crippen molar-refractivity contribution >= 4 is 34.0 Å². The lowest BCUT2D eigenvalue weighted by Gasteiger charge is -2.17. The summed E-state index contributed by atoms with van der Waals surface area (Å²) in [6.45, 7) is -1.05. The van der Waals surface area contributed by atoms with Crippen LogP contribution in [0.2, 0.25) is 5.02 Å². The van der Waals surface area contributed by atoms with Gasteiger partial charge in [0, 0.05) is 23.2 Å². The second-order valence-electron chi connectivity index (χ2n) is 6.76. The molecule has 0 saturated carbocycles. The summed E-state index contributed by atoms with van der Waals surface area (Å²) in [6.07, 6.45) is 3.23. The summed E-state index contributed by atoms with van der Waals surface area (Å²) in [6, 6.07) is 7.84. The number of halogens is 4. The molecular weight excluding hydrogens is 447 g/mol. The van der Waals surface area contributed by atoms with Crippen molar-refractivity contribution < 1.29 is 22.6 Å². The molecule has 4 rings (SSSR count). The molecule has 32 heavy (non-hydrogen) atoms. The maximum Gasteiger partial charge on any atom is 0.333 e. The van der Waals surface area contributed by atoms with E-state index in [1.54, 1.807) is 25.1 Å². The second-order valence-corrected chi connectivity index (χ2v) is 7.17. The fourth-order valence-electron chi connectivity index (χ4n) is 3.07. The van der Waals surface area contributed by atoms with Gasteiger partial charge in [-0.15, -0.1) is 0 Å². The number of fused-ring (bicyclic) bond motifs is 1. The van der Waals surface area contributed by atoms with Crippen LogP contribution in [-0.4, -0.2) is 26.9 Å². The van der Waals surface area contributed by atoms with Crippen molar-refractivity contribution in [2.75, 3.05) is 12.4 Å². The molecule has 0 bridgehead atoms. The maximum atomic E-state index is 14.4. The second kappa shape index (κ2) is 8.91. The smallest absolute Gasteiger partial charge is 0.333 e. The summed E-state index contributed by atoms with van der Waals surface area (Å²) < 4.78 is 51.9. The van der Waals surface area contributed by atoms with Crippen LogP contribution >= 0.6 is 11.6 Å². The Kier molecular flexibility index (Phi) is 6.04. The molecule has 2 aromatic heterocycles. The number of methoxy groups -OCH3 is 1. The summed E-state index contributed by atoms with van der Waals surface area (Å²) in [5, 5.41) is 7.04. The van der Waals surface area contributed by atoms with E-state index in [1.807, 2.05) is 0 Å². The lowest BCUT2D eigenvalue weighted by Crippen LogP contribution is -2.05. The summed E-state index contributed by atoms with van der Waals surface area (Å²) in [5.41, 5.74) is 1.12. The van der Waals surface area contributed by atoms with E-state index >= 15 is 0 Å². The summed E-state index contributed by atoms with van der Waals surface area (Å²) in [4.78, 5) is 8.43. The minimum Gasteiger partial charge on any atom is -0.493 e. The van der Waals surface area contributed by atoms with Gasteiger partial charge < -0.3 is 14.8 Å². The molecule has 0 amide bonds. The van der Waals surface area contributed by atoms with Crippen molar-refractivity contribution in [1.29, 1.82) is 0 Å². The first-order chi connectivity index (χ1) is 15.4. The zero-order valence-electron chi connectivity index (χ0n) is 16.9. The van der Waals surface area contributed by atoms with Crippen molar-refractivity contribution in [3.63, 3.8) is 0 Å². The average Bonchev–Trinajstić information content (AvgIpc) is 3.28. The van der Waals surface area contributed by atoms with E-state index in [4.69, 9.17) is 21.1 Å². The number of hydrogen-bond donors (Lipinski definition) is 1. The van der Waals surface area contributed by atoms with Gasteiger partial charge in [-0.1, -0.05) is 17.7 Å². The molecule has 1 unspecified atom stereocenters. The molecule has 7 nitrogen and oxygen atoms in total. The molecule has 1 atom stereocenters. The number of ether oxygens (including phenoxy) is 2. The monoisotopic (exact) mass is 463 g/mol. The highest BCUT2D eigenvalue weighted by Gasteiger charge is 2.18. The minimum atomic E-state index is -2.75. The number of anilines is 2. The van der Waals surface area contributed by atoms with E-state index in [9.17, 15) is 13.2 Å². The normalized spacial score (nSPS) is 12.2. The van der Waals surface area contributed by atoms with E-state index in [2.05, 4.69) is 20.4 Å².